The standard InChI is InChI=1S/C19H28NO4S/c1-18(2,3)24-19(17(20)21)11-7-10-16(12-19)14-25(22,23)13-15-8-5-4-6-9-15/h4-6,8-9,16,20H,7,10-14H2,1-3H3. The Hall–Kier alpha value is -1.40. The molecule has 0 aromatic heterocycles. The predicted molar refractivity (Wildman–Crippen MR) is 97.6 cm³/mol. The van der Waals surface area contributed by atoms with Crippen molar-refractivity contribution in [1.82, 2.24) is 5.73 Å². The van der Waals surface area contributed by atoms with E-state index in [0.717, 1.165) is 12.0 Å². The number of carbonyl (C=O) groups excluding carboxylic acids is 1. The van der Waals surface area contributed by atoms with Gasteiger partial charge in [-0.1, -0.05) is 30.3 Å². The van der Waals surface area contributed by atoms with Gasteiger partial charge in [0.1, 0.15) is 5.60 Å². The predicted octanol–water partition coefficient (Wildman–Crippen LogP) is 3.16. The van der Waals surface area contributed by atoms with Crippen molar-refractivity contribution in [3.05, 3.63) is 35.9 Å². The summed E-state index contributed by atoms with van der Waals surface area (Å²) in [5.41, 5.74) is 6.73. The third kappa shape index (κ3) is 5.82. The summed E-state index contributed by atoms with van der Waals surface area (Å²) in [5.74, 6) is -0.858. The number of amides is 1. The summed E-state index contributed by atoms with van der Waals surface area (Å²) >= 11 is 0. The molecule has 0 bridgehead atoms. The van der Waals surface area contributed by atoms with Crippen LogP contribution < -0.4 is 5.73 Å². The van der Waals surface area contributed by atoms with Crippen LogP contribution in [-0.4, -0.2) is 31.3 Å². The topological polar surface area (TPSA) is 84.2 Å². The van der Waals surface area contributed by atoms with Gasteiger partial charge in [0.2, 0.25) is 0 Å². The third-order valence-electron chi connectivity index (χ3n) is 4.45. The van der Waals surface area contributed by atoms with Gasteiger partial charge in [0.15, 0.2) is 9.84 Å². The summed E-state index contributed by atoms with van der Waals surface area (Å²) in [6.45, 7) is 5.56. The van der Waals surface area contributed by atoms with Gasteiger partial charge in [-0.25, -0.2) is 8.42 Å². The van der Waals surface area contributed by atoms with Crippen LogP contribution in [-0.2, 0) is 25.1 Å². The number of hydrogen-bond donors (Lipinski definition) is 0. The summed E-state index contributed by atoms with van der Waals surface area (Å²) in [6.07, 6.45) is 2.24. The fourth-order valence-corrected chi connectivity index (χ4v) is 5.49. The smallest absolute Gasteiger partial charge is 0.270 e. The first kappa shape index (κ1) is 19.9. The molecule has 0 spiro atoms. The first-order valence-corrected chi connectivity index (χ1v) is 10.5. The lowest BCUT2D eigenvalue weighted by Gasteiger charge is -2.42. The summed E-state index contributed by atoms with van der Waals surface area (Å²) < 4.78 is 31.1. The van der Waals surface area contributed by atoms with E-state index in [1.54, 1.807) is 12.1 Å². The van der Waals surface area contributed by atoms with E-state index in [2.05, 4.69) is 0 Å². The number of hydrogen-bond acceptors (Lipinski definition) is 4. The first-order valence-electron chi connectivity index (χ1n) is 8.72. The molecule has 0 heterocycles. The normalized spacial score (nSPS) is 24.8. The molecule has 2 atom stereocenters. The van der Waals surface area contributed by atoms with Crippen molar-refractivity contribution in [3.8, 4) is 0 Å². The first-order chi connectivity index (χ1) is 11.5. The van der Waals surface area contributed by atoms with Crippen LogP contribution in [0.2, 0.25) is 0 Å². The van der Waals surface area contributed by atoms with Gasteiger partial charge in [-0.15, -0.1) is 0 Å². The Morgan fingerprint density at radius 2 is 1.92 bits per heavy atom. The van der Waals surface area contributed by atoms with Crippen LogP contribution in [0.4, 0.5) is 0 Å². The summed E-state index contributed by atoms with van der Waals surface area (Å²) in [4.78, 5) is 12.0. The maximum Gasteiger partial charge on any atom is 0.270 e. The maximum absolute atomic E-state index is 12.6. The molecule has 0 saturated heterocycles. The zero-order valence-electron chi connectivity index (χ0n) is 15.2. The van der Waals surface area contributed by atoms with Crippen molar-refractivity contribution in [2.75, 3.05) is 5.75 Å². The maximum atomic E-state index is 12.6. The monoisotopic (exact) mass is 366 g/mol. The largest absolute Gasteiger partial charge is 0.359 e. The molecule has 1 aromatic rings. The Morgan fingerprint density at radius 3 is 2.48 bits per heavy atom. The van der Waals surface area contributed by atoms with Gasteiger partial charge in [-0.05, 0) is 57.9 Å². The molecule has 1 radical (unpaired) electrons. The molecular formula is C19H28NO4S. The average molecular weight is 367 g/mol. The van der Waals surface area contributed by atoms with E-state index in [1.807, 2.05) is 39.0 Å². The van der Waals surface area contributed by atoms with Gasteiger partial charge in [-0.3, -0.25) is 10.5 Å². The Labute approximate surface area is 150 Å². The molecule has 1 amide bonds. The minimum atomic E-state index is -3.28. The van der Waals surface area contributed by atoms with E-state index in [1.165, 1.54) is 0 Å². The molecule has 1 aliphatic rings. The second-order valence-electron chi connectivity index (χ2n) is 8.04. The van der Waals surface area contributed by atoms with Crippen LogP contribution in [0.25, 0.3) is 0 Å². The number of benzene rings is 1. The van der Waals surface area contributed by atoms with E-state index < -0.39 is 26.9 Å². The van der Waals surface area contributed by atoms with E-state index in [4.69, 9.17) is 10.5 Å². The van der Waals surface area contributed by atoms with E-state index in [9.17, 15) is 13.2 Å². The van der Waals surface area contributed by atoms with Crippen molar-refractivity contribution < 1.29 is 17.9 Å². The number of rotatable bonds is 6. The molecule has 0 aliphatic heterocycles. The molecule has 1 aliphatic carbocycles. The number of sulfone groups is 1. The fourth-order valence-electron chi connectivity index (χ4n) is 3.67. The lowest BCUT2D eigenvalue weighted by atomic mass is 9.77. The zero-order valence-corrected chi connectivity index (χ0v) is 16.1. The van der Waals surface area contributed by atoms with Crippen LogP contribution in [0.5, 0.6) is 0 Å². The van der Waals surface area contributed by atoms with Gasteiger partial charge in [0, 0.05) is 0 Å². The van der Waals surface area contributed by atoms with Crippen LogP contribution in [0, 0.1) is 5.92 Å². The van der Waals surface area contributed by atoms with Crippen molar-refractivity contribution in [1.29, 1.82) is 0 Å². The zero-order chi connectivity index (χ0) is 18.7. The highest BCUT2D eigenvalue weighted by Gasteiger charge is 2.46. The summed E-state index contributed by atoms with van der Waals surface area (Å²) in [7, 11) is -3.28. The molecule has 25 heavy (non-hydrogen) atoms. The molecule has 2 unspecified atom stereocenters. The molecule has 1 saturated carbocycles. The lowest BCUT2D eigenvalue weighted by molar-refractivity contribution is -0.176. The van der Waals surface area contributed by atoms with Gasteiger partial charge in [0.05, 0.1) is 17.1 Å². The number of nitrogens with one attached hydrogen (secondary N) is 1. The molecule has 2 rings (SSSR count). The third-order valence-corrected chi connectivity index (χ3v) is 6.20. The van der Waals surface area contributed by atoms with E-state index in [0.29, 0.717) is 19.3 Å². The lowest BCUT2D eigenvalue weighted by Crippen LogP contribution is -2.51. The second-order valence-corrected chi connectivity index (χ2v) is 10.1. The Bertz CT molecular complexity index is 694. The highest BCUT2D eigenvalue weighted by Crippen LogP contribution is 2.39. The molecule has 5 nitrogen and oxygen atoms in total. The van der Waals surface area contributed by atoms with E-state index in [-0.39, 0.29) is 17.4 Å². The minimum absolute atomic E-state index is 0.00624. The Balaban J connectivity index is 2.10. The van der Waals surface area contributed by atoms with Gasteiger partial charge in [-0.2, -0.15) is 0 Å². The highest BCUT2D eigenvalue weighted by atomic mass is 32.2. The van der Waals surface area contributed by atoms with Crippen LogP contribution >= 0.6 is 0 Å². The highest BCUT2D eigenvalue weighted by molar-refractivity contribution is 7.90. The van der Waals surface area contributed by atoms with Crippen molar-refractivity contribution in [3.63, 3.8) is 0 Å². The van der Waals surface area contributed by atoms with E-state index >= 15 is 0 Å². The minimum Gasteiger partial charge on any atom is -0.359 e. The van der Waals surface area contributed by atoms with Crippen molar-refractivity contribution >= 4 is 15.7 Å². The summed E-state index contributed by atoms with van der Waals surface area (Å²) in [5, 5.41) is 0. The summed E-state index contributed by atoms with van der Waals surface area (Å²) in [6, 6.07) is 9.12. The average Bonchev–Trinajstić information content (AvgIpc) is 2.45. The molecule has 6 heteroatoms. The Morgan fingerprint density at radius 1 is 1.28 bits per heavy atom. The second kappa shape index (κ2) is 7.46. The van der Waals surface area contributed by atoms with Gasteiger partial charge in [0.25, 0.3) is 5.91 Å². The Kier molecular flexibility index (Phi) is 5.94. The van der Waals surface area contributed by atoms with Crippen molar-refractivity contribution in [2.24, 2.45) is 5.92 Å². The van der Waals surface area contributed by atoms with Crippen molar-refractivity contribution in [2.45, 2.75) is 63.4 Å². The molecule has 1 N–H and O–H groups in total. The SMILES string of the molecule is CC(C)(C)OC1(C([NH])=O)CCCC(CS(=O)(=O)Cc2ccccc2)C1. The molecule has 1 fully saturated rings. The number of carbonyl (C=O) groups is 1. The van der Waals surface area contributed by atoms with Crippen LogP contribution in [0.15, 0.2) is 30.3 Å². The molecule has 139 valence electrons. The van der Waals surface area contributed by atoms with Gasteiger partial charge >= 0.3 is 0 Å². The van der Waals surface area contributed by atoms with Crippen LogP contribution in [0.3, 0.4) is 0 Å². The van der Waals surface area contributed by atoms with Gasteiger partial charge < -0.3 is 4.74 Å². The molecule has 1 aromatic carbocycles. The fraction of sp³-hybridized carbons (Fsp3) is 0.632. The molecular weight excluding hydrogens is 338 g/mol. The van der Waals surface area contributed by atoms with Crippen LogP contribution in [0.1, 0.15) is 52.0 Å². The number of ether oxygens (including phenoxy) is 1. The quantitative estimate of drug-likeness (QED) is 0.774.